The number of nitrogens with one attached hydrogen (secondary N) is 1. The maximum atomic E-state index is 13.3. The second-order valence-corrected chi connectivity index (χ2v) is 10.1. The molecule has 1 saturated heterocycles. The van der Waals surface area contributed by atoms with Crippen molar-refractivity contribution in [2.75, 3.05) is 6.61 Å². The first kappa shape index (κ1) is 27.2. The predicted molar refractivity (Wildman–Crippen MR) is 142 cm³/mol. The van der Waals surface area contributed by atoms with Crippen LogP contribution in [0.5, 0.6) is 0 Å². The lowest BCUT2D eigenvalue weighted by molar-refractivity contribution is -0.0350. The van der Waals surface area contributed by atoms with Gasteiger partial charge in [0, 0.05) is 29.3 Å². The van der Waals surface area contributed by atoms with Crippen molar-refractivity contribution in [2.45, 2.75) is 58.6 Å². The molecule has 0 amide bonds. The highest BCUT2D eigenvalue weighted by molar-refractivity contribution is 6.26. The molecule has 1 aliphatic carbocycles. The normalized spacial score (nSPS) is 20.6. The van der Waals surface area contributed by atoms with Crippen LogP contribution < -0.4 is 11.2 Å². The fourth-order valence-electron chi connectivity index (χ4n) is 4.85. The van der Waals surface area contributed by atoms with E-state index in [0.717, 1.165) is 5.57 Å². The van der Waals surface area contributed by atoms with Crippen molar-refractivity contribution in [1.29, 1.82) is 0 Å². The van der Waals surface area contributed by atoms with Gasteiger partial charge in [0.2, 0.25) is 5.78 Å². The Hall–Kier alpha value is -4.42. The Bertz CT molecular complexity index is 1660. The summed E-state index contributed by atoms with van der Waals surface area (Å²) < 4.78 is 14.6. The van der Waals surface area contributed by atoms with Crippen LogP contribution in [0.2, 0.25) is 0 Å². The largest absolute Gasteiger partial charge is 0.483 e. The lowest BCUT2D eigenvalue weighted by Crippen LogP contribution is -2.35. The number of allylic oxidation sites excluding steroid dienone is 4. The molecule has 2 N–H and O–H groups in total. The van der Waals surface area contributed by atoms with Crippen LogP contribution in [0.3, 0.4) is 0 Å². The zero-order valence-electron chi connectivity index (χ0n) is 22.3. The molecule has 12 heteroatoms. The first-order valence-electron chi connectivity index (χ1n) is 12.8. The Morgan fingerprint density at radius 2 is 1.88 bits per heavy atom. The van der Waals surface area contributed by atoms with Crippen LogP contribution in [0, 0.1) is 6.92 Å². The summed E-state index contributed by atoms with van der Waals surface area (Å²) in [6.07, 6.45) is 4.03. The van der Waals surface area contributed by atoms with Gasteiger partial charge in [-0.2, -0.15) is 0 Å². The lowest BCUT2D eigenvalue weighted by atomic mass is 9.86. The average molecular weight is 548 g/mol. The van der Waals surface area contributed by atoms with E-state index in [2.05, 4.69) is 15.3 Å². The first-order chi connectivity index (χ1) is 19.2. The van der Waals surface area contributed by atoms with Crippen molar-refractivity contribution in [3.05, 3.63) is 103 Å². The minimum absolute atomic E-state index is 0.0200. The van der Waals surface area contributed by atoms with Crippen molar-refractivity contribution in [3.63, 3.8) is 0 Å². The van der Waals surface area contributed by atoms with Gasteiger partial charge >= 0.3 is 5.69 Å². The number of rotatable bonds is 8. The number of aryl methyl sites for hydroxylation is 1. The number of aromatic nitrogens is 5. The third kappa shape index (κ3) is 5.10. The summed E-state index contributed by atoms with van der Waals surface area (Å²) in [4.78, 5) is 53.2. The van der Waals surface area contributed by atoms with Gasteiger partial charge in [-0.15, -0.1) is 5.10 Å². The number of ketones is 2. The van der Waals surface area contributed by atoms with Crippen LogP contribution in [0.4, 0.5) is 0 Å². The van der Waals surface area contributed by atoms with Gasteiger partial charge < -0.3 is 14.6 Å². The maximum absolute atomic E-state index is 13.3. The van der Waals surface area contributed by atoms with Gasteiger partial charge in [-0.1, -0.05) is 41.1 Å². The number of H-pyrrole nitrogens is 1. The number of ether oxygens (including phenoxy) is 2. The molecule has 3 aromatic rings. The second kappa shape index (κ2) is 11.0. The van der Waals surface area contributed by atoms with Crippen molar-refractivity contribution >= 4 is 11.6 Å². The SMILES string of the molecule is CC(C)=CCC1=C(OCc2cn(C3C[C@@H](CO)O[C@H]3n3cc(C)c(=O)[nH]c3=O)nn2)C(=O)c2ccccc2C1=O. The number of benzene rings is 1. The minimum atomic E-state index is -0.858. The molecule has 1 unspecified atom stereocenters. The summed E-state index contributed by atoms with van der Waals surface area (Å²) in [7, 11) is 0. The Morgan fingerprint density at radius 1 is 1.15 bits per heavy atom. The molecule has 0 bridgehead atoms. The monoisotopic (exact) mass is 547 g/mol. The highest BCUT2D eigenvalue weighted by Gasteiger charge is 2.39. The number of hydrogen-bond donors (Lipinski definition) is 2. The molecule has 3 heterocycles. The molecular formula is C28H29N5O7. The Morgan fingerprint density at radius 3 is 2.58 bits per heavy atom. The van der Waals surface area contributed by atoms with Crippen molar-refractivity contribution in [1.82, 2.24) is 24.5 Å². The molecule has 2 aromatic heterocycles. The van der Waals surface area contributed by atoms with E-state index < -0.39 is 29.6 Å². The fraction of sp³-hybridized carbons (Fsp3) is 0.357. The number of hydrogen-bond acceptors (Lipinski definition) is 9. The average Bonchev–Trinajstić information content (AvgIpc) is 3.58. The van der Waals surface area contributed by atoms with Crippen LogP contribution >= 0.6 is 0 Å². The van der Waals surface area contributed by atoms with Gasteiger partial charge in [0.15, 0.2) is 17.8 Å². The summed E-state index contributed by atoms with van der Waals surface area (Å²) in [6, 6.07) is 6.12. The van der Waals surface area contributed by atoms with Gasteiger partial charge in [-0.3, -0.25) is 23.9 Å². The molecule has 0 saturated carbocycles. The summed E-state index contributed by atoms with van der Waals surface area (Å²) in [6.45, 7) is 4.99. The summed E-state index contributed by atoms with van der Waals surface area (Å²) >= 11 is 0. The van der Waals surface area contributed by atoms with Gasteiger partial charge in [0.05, 0.1) is 24.5 Å². The van der Waals surface area contributed by atoms with Gasteiger partial charge in [-0.05, 0) is 27.2 Å². The molecule has 2 aliphatic rings. The van der Waals surface area contributed by atoms with Crippen molar-refractivity contribution in [2.24, 2.45) is 0 Å². The predicted octanol–water partition coefficient (Wildman–Crippen LogP) is 2.16. The second-order valence-electron chi connectivity index (χ2n) is 10.1. The van der Waals surface area contributed by atoms with E-state index in [1.54, 1.807) is 37.4 Å². The highest BCUT2D eigenvalue weighted by Crippen LogP contribution is 2.37. The van der Waals surface area contributed by atoms with E-state index in [0.29, 0.717) is 23.2 Å². The minimum Gasteiger partial charge on any atom is -0.483 e. The standard InChI is InChI=1S/C28H29N5O7/c1-15(2)8-9-21-23(35)19-6-4-5-7-20(19)24(36)25(21)39-14-17-12-33(31-30-17)22-10-18(13-34)40-27(22)32-11-16(3)26(37)29-28(32)38/h4-8,11-12,18,22,27,34H,9-10,13-14H2,1-3H3,(H,29,37,38)/t18-,22?,27+/m0/s1. The number of aromatic amines is 1. The van der Waals surface area contributed by atoms with Crippen LogP contribution in [0.1, 0.15) is 70.9 Å². The molecule has 5 rings (SSSR count). The fourth-order valence-corrected chi connectivity index (χ4v) is 4.85. The van der Waals surface area contributed by atoms with Crippen molar-refractivity contribution < 1.29 is 24.2 Å². The topological polar surface area (TPSA) is 158 Å². The van der Waals surface area contributed by atoms with E-state index in [-0.39, 0.29) is 48.1 Å². The smallest absolute Gasteiger partial charge is 0.330 e. The molecule has 40 heavy (non-hydrogen) atoms. The highest BCUT2D eigenvalue weighted by atomic mass is 16.5. The zero-order chi connectivity index (χ0) is 28.6. The van der Waals surface area contributed by atoms with Crippen LogP contribution in [-0.2, 0) is 16.1 Å². The van der Waals surface area contributed by atoms with E-state index in [9.17, 15) is 24.3 Å². The molecule has 1 fully saturated rings. The Balaban J connectivity index is 1.41. The molecule has 0 spiro atoms. The molecule has 3 atom stereocenters. The van der Waals surface area contributed by atoms with Crippen LogP contribution in [-0.4, -0.2) is 53.9 Å². The summed E-state index contributed by atoms with van der Waals surface area (Å²) in [5, 5.41) is 18.1. The Kier molecular flexibility index (Phi) is 7.46. The number of nitrogens with zero attached hydrogens (tertiary/aromatic N) is 4. The number of fused-ring (bicyclic) bond motifs is 1. The molecule has 208 valence electrons. The molecule has 12 nitrogen and oxygen atoms in total. The number of carbonyl (C=O) groups excluding carboxylic acids is 2. The zero-order valence-corrected chi connectivity index (χ0v) is 22.3. The van der Waals surface area contributed by atoms with Gasteiger partial charge in [0.25, 0.3) is 5.56 Å². The lowest BCUT2D eigenvalue weighted by Gasteiger charge is -2.21. The quantitative estimate of drug-likeness (QED) is 0.403. The van der Waals surface area contributed by atoms with Crippen LogP contribution in [0.15, 0.2) is 69.2 Å². The van der Waals surface area contributed by atoms with E-state index in [1.165, 1.54) is 15.4 Å². The van der Waals surface area contributed by atoms with E-state index in [1.807, 2.05) is 19.9 Å². The molecule has 0 radical (unpaired) electrons. The van der Waals surface area contributed by atoms with Gasteiger partial charge in [-0.25, -0.2) is 9.48 Å². The number of aliphatic hydroxyl groups excluding tert-OH is 1. The number of aliphatic hydroxyl groups is 1. The number of carbonyl (C=O) groups is 2. The van der Waals surface area contributed by atoms with Gasteiger partial charge in [0.1, 0.15) is 18.3 Å². The molecule has 1 aromatic carbocycles. The molecule has 1 aliphatic heterocycles. The van der Waals surface area contributed by atoms with E-state index in [4.69, 9.17) is 9.47 Å². The first-order valence-corrected chi connectivity index (χ1v) is 12.8. The maximum Gasteiger partial charge on any atom is 0.330 e. The Labute approximate surface area is 228 Å². The third-order valence-corrected chi connectivity index (χ3v) is 6.94. The van der Waals surface area contributed by atoms with Crippen LogP contribution in [0.25, 0.3) is 0 Å². The number of Topliss-reactive ketones (excluding diaryl/α,β-unsaturated/α-hetero) is 2. The molecular weight excluding hydrogens is 518 g/mol. The van der Waals surface area contributed by atoms with Crippen molar-refractivity contribution in [3.8, 4) is 0 Å². The van der Waals surface area contributed by atoms with E-state index >= 15 is 0 Å². The summed E-state index contributed by atoms with van der Waals surface area (Å²) in [5.74, 6) is -0.648. The third-order valence-electron chi connectivity index (χ3n) is 6.94. The summed E-state index contributed by atoms with van der Waals surface area (Å²) in [5.41, 5.74) is 1.48.